The SMILES string of the molecule is NC1=CNCCC1N1CCS(=O)CC1. The molecule has 0 aromatic carbocycles. The van der Waals surface area contributed by atoms with E-state index in [-0.39, 0.29) is 0 Å². The Bertz CT molecular complexity index is 257. The van der Waals surface area contributed by atoms with Gasteiger partial charge in [0.05, 0.1) is 6.04 Å². The van der Waals surface area contributed by atoms with Gasteiger partial charge in [-0.1, -0.05) is 0 Å². The first kappa shape index (κ1) is 9.98. The minimum Gasteiger partial charge on any atom is -0.400 e. The van der Waals surface area contributed by atoms with Crippen molar-refractivity contribution in [1.29, 1.82) is 0 Å². The van der Waals surface area contributed by atoms with Gasteiger partial charge in [0.25, 0.3) is 0 Å². The Morgan fingerprint density at radius 3 is 2.86 bits per heavy atom. The van der Waals surface area contributed by atoms with Crippen molar-refractivity contribution in [2.75, 3.05) is 31.1 Å². The molecule has 1 atom stereocenters. The highest BCUT2D eigenvalue weighted by atomic mass is 32.2. The van der Waals surface area contributed by atoms with E-state index in [2.05, 4.69) is 10.2 Å². The molecular weight excluding hydrogens is 198 g/mol. The van der Waals surface area contributed by atoms with Gasteiger partial charge in [0.1, 0.15) is 0 Å². The third kappa shape index (κ3) is 2.09. The van der Waals surface area contributed by atoms with E-state index in [1.54, 1.807) is 0 Å². The van der Waals surface area contributed by atoms with E-state index in [9.17, 15) is 4.21 Å². The fraction of sp³-hybridized carbons (Fsp3) is 0.778. The molecule has 2 heterocycles. The number of nitrogens with one attached hydrogen (secondary N) is 1. The summed E-state index contributed by atoms with van der Waals surface area (Å²) in [6.45, 7) is 2.84. The van der Waals surface area contributed by atoms with Crippen LogP contribution >= 0.6 is 0 Å². The molecule has 0 aromatic rings. The minimum atomic E-state index is -0.594. The molecule has 0 aliphatic carbocycles. The van der Waals surface area contributed by atoms with Crippen LogP contribution in [0.1, 0.15) is 6.42 Å². The van der Waals surface area contributed by atoms with E-state index < -0.39 is 10.8 Å². The molecule has 0 radical (unpaired) electrons. The average molecular weight is 215 g/mol. The van der Waals surface area contributed by atoms with Gasteiger partial charge in [-0.15, -0.1) is 0 Å². The summed E-state index contributed by atoms with van der Waals surface area (Å²) < 4.78 is 11.2. The second-order valence-electron chi connectivity index (χ2n) is 3.79. The van der Waals surface area contributed by atoms with E-state index in [1.165, 1.54) is 0 Å². The van der Waals surface area contributed by atoms with E-state index in [0.717, 1.165) is 43.3 Å². The molecule has 5 heteroatoms. The molecule has 2 aliphatic heterocycles. The first-order valence-electron chi connectivity index (χ1n) is 5.05. The van der Waals surface area contributed by atoms with Crippen LogP contribution in [0.15, 0.2) is 11.9 Å². The highest BCUT2D eigenvalue weighted by Crippen LogP contribution is 2.15. The average Bonchev–Trinajstić information content (AvgIpc) is 2.20. The Kier molecular flexibility index (Phi) is 3.08. The summed E-state index contributed by atoms with van der Waals surface area (Å²) in [5, 5.41) is 3.14. The second kappa shape index (κ2) is 4.31. The summed E-state index contributed by atoms with van der Waals surface area (Å²) in [6, 6.07) is 0.369. The van der Waals surface area contributed by atoms with Crippen molar-refractivity contribution in [3.8, 4) is 0 Å². The molecule has 1 unspecified atom stereocenters. The van der Waals surface area contributed by atoms with Crippen LogP contribution in [0.5, 0.6) is 0 Å². The maximum atomic E-state index is 11.2. The van der Waals surface area contributed by atoms with Crippen LogP contribution in [-0.2, 0) is 10.8 Å². The number of nitrogens with zero attached hydrogens (tertiary/aromatic N) is 1. The van der Waals surface area contributed by atoms with Gasteiger partial charge in [0.2, 0.25) is 0 Å². The zero-order chi connectivity index (χ0) is 9.97. The van der Waals surface area contributed by atoms with Crippen LogP contribution in [-0.4, -0.2) is 46.3 Å². The predicted molar refractivity (Wildman–Crippen MR) is 58.1 cm³/mol. The third-order valence-electron chi connectivity index (χ3n) is 2.87. The molecule has 0 spiro atoms. The maximum absolute atomic E-state index is 11.2. The van der Waals surface area contributed by atoms with Crippen molar-refractivity contribution in [1.82, 2.24) is 10.2 Å². The van der Waals surface area contributed by atoms with Gasteiger partial charge < -0.3 is 11.1 Å². The van der Waals surface area contributed by atoms with Crippen LogP contribution in [0.2, 0.25) is 0 Å². The fourth-order valence-corrected chi connectivity index (χ4v) is 3.11. The highest BCUT2D eigenvalue weighted by Gasteiger charge is 2.25. The first-order chi connectivity index (χ1) is 6.77. The minimum absolute atomic E-state index is 0.369. The third-order valence-corrected chi connectivity index (χ3v) is 4.14. The van der Waals surface area contributed by atoms with E-state index >= 15 is 0 Å². The van der Waals surface area contributed by atoms with Crippen molar-refractivity contribution >= 4 is 10.8 Å². The standard InChI is InChI=1S/C9H17N3OS/c10-8-7-11-2-1-9(8)12-3-5-14(13)6-4-12/h7,9,11H,1-6,10H2. The summed E-state index contributed by atoms with van der Waals surface area (Å²) in [5.41, 5.74) is 6.85. The molecule has 1 saturated heterocycles. The van der Waals surface area contributed by atoms with E-state index in [1.807, 2.05) is 6.20 Å². The number of hydrogen-bond donors (Lipinski definition) is 2. The summed E-state index contributed by atoms with van der Waals surface area (Å²) in [5.74, 6) is 1.61. The van der Waals surface area contributed by atoms with Gasteiger partial charge in [-0.05, 0) is 6.42 Å². The zero-order valence-corrected chi connectivity index (χ0v) is 9.05. The Balaban J connectivity index is 1.97. The molecule has 1 fully saturated rings. The Morgan fingerprint density at radius 2 is 2.21 bits per heavy atom. The van der Waals surface area contributed by atoms with Crippen LogP contribution in [0, 0.1) is 0 Å². The van der Waals surface area contributed by atoms with Crippen molar-refractivity contribution in [2.45, 2.75) is 12.5 Å². The van der Waals surface area contributed by atoms with Crippen LogP contribution in [0.25, 0.3) is 0 Å². The number of nitrogens with two attached hydrogens (primary N) is 1. The number of hydrogen-bond acceptors (Lipinski definition) is 4. The van der Waals surface area contributed by atoms with Crippen LogP contribution in [0.4, 0.5) is 0 Å². The summed E-state index contributed by atoms with van der Waals surface area (Å²) >= 11 is 0. The Morgan fingerprint density at radius 1 is 1.50 bits per heavy atom. The normalized spacial score (nSPS) is 30.9. The van der Waals surface area contributed by atoms with Crippen LogP contribution < -0.4 is 11.1 Å². The monoisotopic (exact) mass is 215 g/mol. The Hall–Kier alpha value is -0.550. The van der Waals surface area contributed by atoms with Crippen molar-refractivity contribution in [3.63, 3.8) is 0 Å². The largest absolute Gasteiger partial charge is 0.400 e. The molecule has 14 heavy (non-hydrogen) atoms. The summed E-state index contributed by atoms with van der Waals surface area (Å²) in [4.78, 5) is 2.36. The lowest BCUT2D eigenvalue weighted by Crippen LogP contribution is -2.49. The van der Waals surface area contributed by atoms with Gasteiger partial charge in [-0.2, -0.15) is 0 Å². The van der Waals surface area contributed by atoms with E-state index in [4.69, 9.17) is 5.73 Å². The molecule has 0 saturated carbocycles. The molecule has 2 aliphatic rings. The molecule has 0 bridgehead atoms. The molecule has 4 nitrogen and oxygen atoms in total. The zero-order valence-electron chi connectivity index (χ0n) is 8.24. The van der Waals surface area contributed by atoms with Gasteiger partial charge in [0, 0.05) is 53.8 Å². The van der Waals surface area contributed by atoms with Gasteiger partial charge in [-0.3, -0.25) is 9.11 Å². The molecule has 0 amide bonds. The van der Waals surface area contributed by atoms with Crippen molar-refractivity contribution in [2.24, 2.45) is 5.73 Å². The van der Waals surface area contributed by atoms with Gasteiger partial charge >= 0.3 is 0 Å². The molecule has 2 rings (SSSR count). The fourth-order valence-electron chi connectivity index (χ4n) is 2.03. The lowest BCUT2D eigenvalue weighted by molar-refractivity contribution is 0.223. The second-order valence-corrected chi connectivity index (χ2v) is 5.48. The molecule has 0 aromatic heterocycles. The van der Waals surface area contributed by atoms with Crippen LogP contribution in [0.3, 0.4) is 0 Å². The molecular formula is C9H17N3OS. The van der Waals surface area contributed by atoms with E-state index in [0.29, 0.717) is 6.04 Å². The number of rotatable bonds is 1. The summed E-state index contributed by atoms with van der Waals surface area (Å²) in [7, 11) is -0.594. The topological polar surface area (TPSA) is 58.4 Å². The predicted octanol–water partition coefficient (Wildman–Crippen LogP) is -0.787. The lowest BCUT2D eigenvalue weighted by Gasteiger charge is -2.36. The lowest BCUT2D eigenvalue weighted by atomic mass is 10.1. The molecule has 3 N–H and O–H groups in total. The maximum Gasteiger partial charge on any atom is 0.0525 e. The Labute approximate surface area is 87.0 Å². The molecule has 80 valence electrons. The first-order valence-corrected chi connectivity index (χ1v) is 6.54. The van der Waals surface area contributed by atoms with Crippen molar-refractivity contribution < 1.29 is 4.21 Å². The summed E-state index contributed by atoms with van der Waals surface area (Å²) in [6.07, 6.45) is 2.97. The quantitative estimate of drug-likeness (QED) is 0.602. The highest BCUT2D eigenvalue weighted by molar-refractivity contribution is 7.85. The van der Waals surface area contributed by atoms with Crippen molar-refractivity contribution in [3.05, 3.63) is 11.9 Å². The van der Waals surface area contributed by atoms with Gasteiger partial charge in [-0.25, -0.2) is 0 Å². The smallest absolute Gasteiger partial charge is 0.0525 e. The van der Waals surface area contributed by atoms with Gasteiger partial charge in [0.15, 0.2) is 0 Å².